The maximum absolute atomic E-state index is 12.5. The predicted molar refractivity (Wildman–Crippen MR) is 99.5 cm³/mol. The highest BCUT2D eigenvalue weighted by atomic mass is 16.1. The number of aryl methyl sites for hydroxylation is 2. The molecule has 134 valence electrons. The van der Waals surface area contributed by atoms with Crippen LogP contribution in [-0.4, -0.2) is 21.5 Å². The molecule has 5 heteroatoms. The van der Waals surface area contributed by atoms with Crippen molar-refractivity contribution in [3.8, 4) is 0 Å². The third-order valence-corrected chi connectivity index (χ3v) is 5.32. The average molecular weight is 341 g/mol. The van der Waals surface area contributed by atoms with E-state index in [-0.39, 0.29) is 11.5 Å². The van der Waals surface area contributed by atoms with Crippen LogP contribution in [0.3, 0.4) is 0 Å². The van der Waals surface area contributed by atoms with Crippen LogP contribution in [-0.2, 0) is 11.3 Å². The Morgan fingerprint density at radius 2 is 2.12 bits per heavy atom. The molecule has 0 radical (unpaired) electrons. The van der Waals surface area contributed by atoms with E-state index in [4.69, 9.17) is 0 Å². The summed E-state index contributed by atoms with van der Waals surface area (Å²) in [7, 11) is 0. The molecule has 2 atom stereocenters. The first-order chi connectivity index (χ1) is 12.1. The van der Waals surface area contributed by atoms with Gasteiger partial charge < -0.3 is 5.32 Å². The topological polar surface area (TPSA) is 64.0 Å². The second-order valence-corrected chi connectivity index (χ2v) is 7.25. The van der Waals surface area contributed by atoms with Crippen molar-refractivity contribution in [2.45, 2.75) is 65.0 Å². The maximum Gasteiger partial charge on any atom is 0.261 e. The van der Waals surface area contributed by atoms with Gasteiger partial charge in [0.1, 0.15) is 0 Å². The van der Waals surface area contributed by atoms with Crippen LogP contribution in [0.4, 0.5) is 0 Å². The van der Waals surface area contributed by atoms with Crippen LogP contribution in [0.1, 0.15) is 51.0 Å². The van der Waals surface area contributed by atoms with Gasteiger partial charge in [-0.25, -0.2) is 4.98 Å². The third-order valence-electron chi connectivity index (χ3n) is 5.32. The minimum Gasteiger partial charge on any atom is -0.353 e. The second-order valence-electron chi connectivity index (χ2n) is 7.25. The standard InChI is InChI=1S/C20H27N3O2/c1-14-7-3-4-10-17(14)22-18(24)11-6-12-23-13-21-19-15(2)8-5-9-16(19)20(23)25/h5,8-9,13-14,17H,3-4,6-7,10-12H2,1-2H3,(H,22,24). The van der Waals surface area contributed by atoms with Crippen molar-refractivity contribution in [2.24, 2.45) is 5.92 Å². The smallest absolute Gasteiger partial charge is 0.261 e. The van der Waals surface area contributed by atoms with Crippen molar-refractivity contribution in [2.75, 3.05) is 0 Å². The highest BCUT2D eigenvalue weighted by Gasteiger charge is 2.22. The summed E-state index contributed by atoms with van der Waals surface area (Å²) >= 11 is 0. The molecule has 1 amide bonds. The quantitative estimate of drug-likeness (QED) is 0.908. The summed E-state index contributed by atoms with van der Waals surface area (Å²) in [4.78, 5) is 29.1. The lowest BCUT2D eigenvalue weighted by Crippen LogP contribution is -2.41. The number of fused-ring (bicyclic) bond motifs is 1. The first-order valence-electron chi connectivity index (χ1n) is 9.30. The van der Waals surface area contributed by atoms with Gasteiger partial charge in [0.05, 0.1) is 17.2 Å². The largest absolute Gasteiger partial charge is 0.353 e. The fourth-order valence-electron chi connectivity index (χ4n) is 3.72. The minimum absolute atomic E-state index is 0.0324. The van der Waals surface area contributed by atoms with Crippen molar-refractivity contribution in [3.05, 3.63) is 40.4 Å². The summed E-state index contributed by atoms with van der Waals surface area (Å²) in [5, 5.41) is 3.81. The second kappa shape index (κ2) is 7.81. The summed E-state index contributed by atoms with van der Waals surface area (Å²) in [6, 6.07) is 5.96. The highest BCUT2D eigenvalue weighted by Crippen LogP contribution is 2.23. The fourth-order valence-corrected chi connectivity index (χ4v) is 3.72. The third kappa shape index (κ3) is 4.09. The monoisotopic (exact) mass is 341 g/mol. The highest BCUT2D eigenvalue weighted by molar-refractivity contribution is 5.80. The molecule has 25 heavy (non-hydrogen) atoms. The molecular formula is C20H27N3O2. The molecule has 3 rings (SSSR count). The molecule has 2 unspecified atom stereocenters. The zero-order chi connectivity index (χ0) is 17.8. The Balaban J connectivity index is 1.57. The molecule has 1 saturated carbocycles. The number of nitrogens with one attached hydrogen (secondary N) is 1. The minimum atomic E-state index is -0.0324. The van der Waals surface area contributed by atoms with E-state index in [9.17, 15) is 9.59 Å². The number of aromatic nitrogens is 2. The van der Waals surface area contributed by atoms with E-state index in [1.165, 1.54) is 19.3 Å². The van der Waals surface area contributed by atoms with E-state index in [0.717, 1.165) is 17.5 Å². The number of benzene rings is 1. The summed E-state index contributed by atoms with van der Waals surface area (Å²) in [6.45, 7) is 4.69. The molecule has 1 fully saturated rings. The molecule has 1 aromatic heterocycles. The van der Waals surface area contributed by atoms with E-state index in [1.54, 1.807) is 10.9 Å². The van der Waals surface area contributed by atoms with Gasteiger partial charge in [0, 0.05) is 19.0 Å². The van der Waals surface area contributed by atoms with Crippen LogP contribution in [0.5, 0.6) is 0 Å². The number of hydrogen-bond donors (Lipinski definition) is 1. The van der Waals surface area contributed by atoms with Crippen LogP contribution in [0.15, 0.2) is 29.3 Å². The van der Waals surface area contributed by atoms with Crippen LogP contribution >= 0.6 is 0 Å². The van der Waals surface area contributed by atoms with Gasteiger partial charge >= 0.3 is 0 Å². The van der Waals surface area contributed by atoms with Gasteiger partial charge in [-0.1, -0.05) is 31.9 Å². The zero-order valence-corrected chi connectivity index (χ0v) is 15.1. The Labute approximate surface area is 148 Å². The van der Waals surface area contributed by atoms with Gasteiger partial charge in [-0.15, -0.1) is 0 Å². The number of amides is 1. The molecule has 0 bridgehead atoms. The van der Waals surface area contributed by atoms with Crippen molar-refractivity contribution >= 4 is 16.8 Å². The maximum atomic E-state index is 12.5. The molecule has 0 spiro atoms. The summed E-state index contributed by atoms with van der Waals surface area (Å²) in [6.07, 6.45) is 7.44. The SMILES string of the molecule is Cc1cccc2c(=O)n(CCCC(=O)NC3CCCCC3C)cnc12. The van der Waals surface area contributed by atoms with Gasteiger partial charge in [0.15, 0.2) is 0 Å². The number of carbonyl (C=O) groups excluding carboxylic acids is 1. The van der Waals surface area contributed by atoms with Crippen molar-refractivity contribution in [1.29, 1.82) is 0 Å². The Kier molecular flexibility index (Phi) is 5.51. The zero-order valence-electron chi connectivity index (χ0n) is 15.1. The summed E-state index contributed by atoms with van der Waals surface area (Å²) < 4.78 is 1.61. The first-order valence-corrected chi connectivity index (χ1v) is 9.30. The van der Waals surface area contributed by atoms with E-state index in [0.29, 0.717) is 36.7 Å². The molecule has 1 heterocycles. The first kappa shape index (κ1) is 17.6. The van der Waals surface area contributed by atoms with Crippen LogP contribution in [0.2, 0.25) is 0 Å². The lowest BCUT2D eigenvalue weighted by molar-refractivity contribution is -0.122. The van der Waals surface area contributed by atoms with Gasteiger partial charge in [-0.05, 0) is 43.7 Å². The number of hydrogen-bond acceptors (Lipinski definition) is 3. The summed E-state index contributed by atoms with van der Waals surface area (Å²) in [5.41, 5.74) is 1.73. The molecule has 0 saturated heterocycles. The van der Waals surface area contributed by atoms with Crippen molar-refractivity contribution in [1.82, 2.24) is 14.9 Å². The number of nitrogens with zero attached hydrogens (tertiary/aromatic N) is 2. The van der Waals surface area contributed by atoms with E-state index in [1.807, 2.05) is 25.1 Å². The molecule has 0 aliphatic heterocycles. The lowest BCUT2D eigenvalue weighted by Gasteiger charge is -2.29. The Morgan fingerprint density at radius 3 is 2.92 bits per heavy atom. The molecule has 1 aliphatic carbocycles. The Morgan fingerprint density at radius 1 is 1.32 bits per heavy atom. The number of rotatable bonds is 5. The van der Waals surface area contributed by atoms with Gasteiger partial charge in [0.25, 0.3) is 5.56 Å². The van der Waals surface area contributed by atoms with Gasteiger partial charge in [0.2, 0.25) is 5.91 Å². The Hall–Kier alpha value is -2.17. The average Bonchev–Trinajstić information content (AvgIpc) is 2.60. The van der Waals surface area contributed by atoms with Crippen molar-refractivity contribution in [3.63, 3.8) is 0 Å². The van der Waals surface area contributed by atoms with E-state index in [2.05, 4.69) is 17.2 Å². The molecule has 1 aromatic carbocycles. The predicted octanol–water partition coefficient (Wildman–Crippen LogP) is 3.18. The molecule has 1 aliphatic rings. The fraction of sp³-hybridized carbons (Fsp3) is 0.550. The normalized spacial score (nSPS) is 20.6. The van der Waals surface area contributed by atoms with Gasteiger partial charge in [-0.2, -0.15) is 0 Å². The summed E-state index contributed by atoms with van der Waals surface area (Å²) in [5.74, 6) is 0.657. The van der Waals surface area contributed by atoms with E-state index >= 15 is 0 Å². The Bertz CT molecular complexity index is 812. The van der Waals surface area contributed by atoms with Gasteiger partial charge in [-0.3, -0.25) is 14.2 Å². The van der Waals surface area contributed by atoms with Crippen LogP contribution in [0.25, 0.3) is 10.9 Å². The van der Waals surface area contributed by atoms with Crippen molar-refractivity contribution < 1.29 is 4.79 Å². The molecular weight excluding hydrogens is 314 g/mol. The van der Waals surface area contributed by atoms with E-state index < -0.39 is 0 Å². The van der Waals surface area contributed by atoms with Crippen LogP contribution < -0.4 is 10.9 Å². The van der Waals surface area contributed by atoms with Crippen LogP contribution in [0, 0.1) is 12.8 Å². The number of para-hydroxylation sites is 1. The lowest BCUT2D eigenvalue weighted by atomic mass is 9.86. The number of carbonyl (C=O) groups is 1. The molecule has 5 nitrogen and oxygen atoms in total. The molecule has 1 N–H and O–H groups in total. The molecule has 2 aromatic rings.